The fraction of sp³-hybridized carbons (Fsp3) is 0.619. The summed E-state index contributed by atoms with van der Waals surface area (Å²) < 4.78 is 16.2. The molecule has 7 heteroatoms. The molecule has 154 valence electrons. The highest BCUT2D eigenvalue weighted by Crippen LogP contribution is 2.28. The van der Waals surface area contributed by atoms with Gasteiger partial charge in [-0.2, -0.15) is 0 Å². The second-order valence-corrected chi connectivity index (χ2v) is 8.56. The number of halogens is 2. The largest absolute Gasteiger partial charge is 0.305 e. The van der Waals surface area contributed by atoms with Gasteiger partial charge in [-0.3, -0.25) is 14.3 Å². The van der Waals surface area contributed by atoms with Gasteiger partial charge < -0.3 is 4.90 Å². The SMILES string of the molecule is CCCC(c1nc2cc(Br)c(F)cc2c(=O)n1CCC)N1CCCN(C)CC1. The summed E-state index contributed by atoms with van der Waals surface area (Å²) in [6, 6.07) is 3.04. The van der Waals surface area contributed by atoms with Crippen molar-refractivity contribution in [1.82, 2.24) is 19.4 Å². The number of fused-ring (bicyclic) bond motifs is 1. The van der Waals surface area contributed by atoms with Crippen molar-refractivity contribution in [2.75, 3.05) is 33.2 Å². The molecule has 1 aliphatic rings. The molecule has 2 heterocycles. The molecule has 0 saturated carbocycles. The normalized spacial score (nSPS) is 17.8. The zero-order valence-electron chi connectivity index (χ0n) is 17.0. The third-order valence-electron chi connectivity index (χ3n) is 5.53. The molecule has 1 fully saturated rings. The maximum absolute atomic E-state index is 14.1. The lowest BCUT2D eigenvalue weighted by atomic mass is 10.1. The second-order valence-electron chi connectivity index (χ2n) is 7.71. The summed E-state index contributed by atoms with van der Waals surface area (Å²) in [6.45, 7) is 8.90. The summed E-state index contributed by atoms with van der Waals surface area (Å²) >= 11 is 3.24. The summed E-state index contributed by atoms with van der Waals surface area (Å²) in [6.07, 6.45) is 3.91. The van der Waals surface area contributed by atoms with E-state index in [1.54, 1.807) is 10.6 Å². The van der Waals surface area contributed by atoms with E-state index < -0.39 is 5.82 Å². The number of rotatable bonds is 6. The number of nitrogens with zero attached hydrogens (tertiary/aromatic N) is 4. The van der Waals surface area contributed by atoms with E-state index in [1.165, 1.54) is 6.07 Å². The monoisotopic (exact) mass is 452 g/mol. The summed E-state index contributed by atoms with van der Waals surface area (Å²) in [4.78, 5) is 23.0. The number of likely N-dealkylation sites (N-methyl/N-ethyl adjacent to an activating group) is 1. The van der Waals surface area contributed by atoms with Crippen LogP contribution in [0.15, 0.2) is 21.4 Å². The first-order chi connectivity index (χ1) is 13.5. The predicted molar refractivity (Wildman–Crippen MR) is 115 cm³/mol. The van der Waals surface area contributed by atoms with Gasteiger partial charge in [0.15, 0.2) is 0 Å². The van der Waals surface area contributed by atoms with Crippen molar-refractivity contribution in [1.29, 1.82) is 0 Å². The molecule has 0 spiro atoms. The molecular weight excluding hydrogens is 423 g/mol. The van der Waals surface area contributed by atoms with Gasteiger partial charge in [-0.15, -0.1) is 0 Å². The highest BCUT2D eigenvalue weighted by Gasteiger charge is 2.27. The molecule has 1 atom stereocenters. The number of hydrogen-bond donors (Lipinski definition) is 0. The van der Waals surface area contributed by atoms with E-state index >= 15 is 0 Å². The molecule has 1 saturated heterocycles. The lowest BCUT2D eigenvalue weighted by molar-refractivity contribution is 0.179. The van der Waals surface area contributed by atoms with Gasteiger partial charge in [0.1, 0.15) is 11.6 Å². The van der Waals surface area contributed by atoms with E-state index in [2.05, 4.69) is 46.6 Å². The lowest BCUT2D eigenvalue weighted by Gasteiger charge is -2.31. The minimum atomic E-state index is -0.428. The van der Waals surface area contributed by atoms with Crippen LogP contribution in [0.25, 0.3) is 10.9 Å². The Kier molecular flexibility index (Phi) is 7.23. The molecule has 1 aromatic carbocycles. The van der Waals surface area contributed by atoms with Gasteiger partial charge in [0.05, 0.1) is 21.4 Å². The molecule has 5 nitrogen and oxygen atoms in total. The average Bonchev–Trinajstić information content (AvgIpc) is 2.88. The van der Waals surface area contributed by atoms with E-state index in [0.29, 0.717) is 21.9 Å². The zero-order chi connectivity index (χ0) is 20.3. The van der Waals surface area contributed by atoms with Gasteiger partial charge in [0.25, 0.3) is 5.56 Å². The van der Waals surface area contributed by atoms with Crippen molar-refractivity contribution in [3.05, 3.63) is 38.6 Å². The summed E-state index contributed by atoms with van der Waals surface area (Å²) in [5.41, 5.74) is 0.426. The Morgan fingerprint density at radius 1 is 1.18 bits per heavy atom. The van der Waals surface area contributed by atoms with E-state index in [0.717, 1.165) is 57.7 Å². The quantitative estimate of drug-likeness (QED) is 0.658. The third-order valence-corrected chi connectivity index (χ3v) is 6.14. The molecule has 0 radical (unpaired) electrons. The maximum atomic E-state index is 14.1. The lowest BCUT2D eigenvalue weighted by Crippen LogP contribution is -2.37. The standard InChI is InChI=1S/C21H30BrFN4O/c1-4-7-19(26-10-6-9-25(3)11-12-26)20-24-18-14-16(22)17(23)13-15(18)21(28)27(20)8-5-2/h13-14,19H,4-12H2,1-3H3. The Labute approximate surface area is 174 Å². The molecule has 0 N–H and O–H groups in total. The molecule has 1 aromatic heterocycles. The van der Waals surface area contributed by atoms with Crippen molar-refractivity contribution in [2.45, 2.75) is 52.1 Å². The second kappa shape index (κ2) is 9.46. The predicted octanol–water partition coefficient (Wildman–Crippen LogP) is 4.19. The van der Waals surface area contributed by atoms with Crippen molar-refractivity contribution >= 4 is 26.8 Å². The third kappa shape index (κ3) is 4.47. The number of aromatic nitrogens is 2. The van der Waals surface area contributed by atoms with Crippen molar-refractivity contribution in [3.8, 4) is 0 Å². The highest BCUT2D eigenvalue weighted by atomic mass is 79.9. The smallest absolute Gasteiger partial charge is 0.261 e. The molecule has 28 heavy (non-hydrogen) atoms. The van der Waals surface area contributed by atoms with Gasteiger partial charge in [-0.1, -0.05) is 20.3 Å². The van der Waals surface area contributed by atoms with E-state index in [-0.39, 0.29) is 11.6 Å². The Hall–Kier alpha value is -1.31. The summed E-state index contributed by atoms with van der Waals surface area (Å²) in [7, 11) is 2.16. The van der Waals surface area contributed by atoms with Crippen LogP contribution in [0.4, 0.5) is 4.39 Å². The highest BCUT2D eigenvalue weighted by molar-refractivity contribution is 9.10. The molecule has 0 amide bonds. The van der Waals surface area contributed by atoms with Crippen LogP contribution in [0.3, 0.4) is 0 Å². The molecule has 2 aromatic rings. The fourth-order valence-corrected chi connectivity index (χ4v) is 4.39. The zero-order valence-corrected chi connectivity index (χ0v) is 18.6. The molecule has 0 aliphatic carbocycles. The van der Waals surface area contributed by atoms with Crippen LogP contribution < -0.4 is 5.56 Å². The van der Waals surface area contributed by atoms with Crippen molar-refractivity contribution < 1.29 is 4.39 Å². The van der Waals surface area contributed by atoms with Crippen LogP contribution in [-0.4, -0.2) is 52.6 Å². The number of hydrogen-bond acceptors (Lipinski definition) is 4. The Morgan fingerprint density at radius 2 is 1.96 bits per heavy atom. The molecular formula is C21H30BrFN4O. The van der Waals surface area contributed by atoms with Crippen LogP contribution in [0, 0.1) is 5.82 Å². The number of benzene rings is 1. The summed E-state index contributed by atoms with van der Waals surface area (Å²) in [5, 5.41) is 0.351. The van der Waals surface area contributed by atoms with Gasteiger partial charge in [0, 0.05) is 26.2 Å². The molecule has 1 unspecified atom stereocenters. The van der Waals surface area contributed by atoms with E-state index in [1.807, 2.05) is 0 Å². The van der Waals surface area contributed by atoms with E-state index in [4.69, 9.17) is 4.98 Å². The van der Waals surface area contributed by atoms with Gasteiger partial charge in [-0.25, -0.2) is 9.37 Å². The fourth-order valence-electron chi connectivity index (χ4n) is 4.05. The maximum Gasteiger partial charge on any atom is 0.261 e. The van der Waals surface area contributed by atoms with Gasteiger partial charge in [-0.05, 0) is 60.9 Å². The topological polar surface area (TPSA) is 41.4 Å². The van der Waals surface area contributed by atoms with Crippen LogP contribution in [0.1, 0.15) is 51.4 Å². The molecule has 0 bridgehead atoms. The molecule has 3 rings (SSSR count). The Bertz CT molecular complexity index is 885. The van der Waals surface area contributed by atoms with Crippen LogP contribution in [0.2, 0.25) is 0 Å². The van der Waals surface area contributed by atoms with Crippen molar-refractivity contribution in [2.24, 2.45) is 0 Å². The minimum Gasteiger partial charge on any atom is -0.305 e. The summed E-state index contributed by atoms with van der Waals surface area (Å²) in [5.74, 6) is 0.395. The first kappa shape index (κ1) is 21.4. The van der Waals surface area contributed by atoms with Crippen LogP contribution in [0.5, 0.6) is 0 Å². The Balaban J connectivity index is 2.15. The first-order valence-corrected chi connectivity index (χ1v) is 11.1. The molecule has 1 aliphatic heterocycles. The van der Waals surface area contributed by atoms with Crippen LogP contribution in [-0.2, 0) is 6.54 Å². The van der Waals surface area contributed by atoms with Crippen molar-refractivity contribution in [3.63, 3.8) is 0 Å². The average molecular weight is 453 g/mol. The first-order valence-electron chi connectivity index (χ1n) is 10.3. The Morgan fingerprint density at radius 3 is 2.68 bits per heavy atom. The van der Waals surface area contributed by atoms with Gasteiger partial charge in [0.2, 0.25) is 0 Å². The van der Waals surface area contributed by atoms with E-state index in [9.17, 15) is 9.18 Å². The van der Waals surface area contributed by atoms with Gasteiger partial charge >= 0.3 is 0 Å². The van der Waals surface area contributed by atoms with Crippen LogP contribution >= 0.6 is 15.9 Å². The minimum absolute atomic E-state index is 0.101.